The van der Waals surface area contributed by atoms with Gasteiger partial charge in [-0.3, -0.25) is 4.98 Å². The van der Waals surface area contributed by atoms with Crippen molar-refractivity contribution in [3.05, 3.63) is 42.6 Å². The Morgan fingerprint density at radius 3 is 2.76 bits per heavy atom. The molecule has 0 bridgehead atoms. The number of aliphatic hydroxyl groups excluding tert-OH is 1. The molecule has 0 radical (unpaired) electrons. The molecule has 0 amide bonds. The highest BCUT2D eigenvalue weighted by molar-refractivity contribution is 5.57. The zero-order valence-corrected chi connectivity index (χ0v) is 9.37. The summed E-state index contributed by atoms with van der Waals surface area (Å²) in [6.07, 6.45) is 7.21. The summed E-state index contributed by atoms with van der Waals surface area (Å²) < 4.78 is 0. The molecule has 1 aliphatic rings. The van der Waals surface area contributed by atoms with Gasteiger partial charge in [-0.15, -0.1) is 0 Å². The molecule has 0 spiro atoms. The Morgan fingerprint density at radius 2 is 2.12 bits per heavy atom. The Kier molecular flexibility index (Phi) is 2.37. The van der Waals surface area contributed by atoms with Crippen molar-refractivity contribution in [1.29, 1.82) is 0 Å². The van der Waals surface area contributed by atoms with E-state index in [2.05, 4.69) is 15.0 Å². The van der Waals surface area contributed by atoms with Crippen molar-refractivity contribution < 1.29 is 5.11 Å². The molecule has 3 rings (SSSR count). The van der Waals surface area contributed by atoms with E-state index < -0.39 is 0 Å². The number of pyridine rings is 1. The van der Waals surface area contributed by atoms with Crippen LogP contribution in [-0.4, -0.2) is 26.7 Å². The fourth-order valence-electron chi connectivity index (χ4n) is 1.89. The van der Waals surface area contributed by atoms with Crippen LogP contribution in [0.1, 0.15) is 18.7 Å². The summed E-state index contributed by atoms with van der Waals surface area (Å²) in [5.41, 5.74) is 1.66. The van der Waals surface area contributed by atoms with Crippen LogP contribution >= 0.6 is 0 Å². The van der Waals surface area contributed by atoms with Gasteiger partial charge in [-0.2, -0.15) is 0 Å². The summed E-state index contributed by atoms with van der Waals surface area (Å²) in [6.45, 7) is 0.128. The van der Waals surface area contributed by atoms with Crippen LogP contribution in [0.4, 0.5) is 0 Å². The summed E-state index contributed by atoms with van der Waals surface area (Å²) in [5, 5.41) is 9.38. The third-order valence-corrected chi connectivity index (χ3v) is 3.24. The van der Waals surface area contributed by atoms with Crippen molar-refractivity contribution in [2.24, 2.45) is 0 Å². The van der Waals surface area contributed by atoms with Gasteiger partial charge in [-0.1, -0.05) is 0 Å². The topological polar surface area (TPSA) is 58.9 Å². The molecule has 86 valence electrons. The predicted molar refractivity (Wildman–Crippen MR) is 63.3 cm³/mol. The first-order valence-electron chi connectivity index (χ1n) is 5.69. The fourth-order valence-corrected chi connectivity index (χ4v) is 1.89. The van der Waals surface area contributed by atoms with E-state index in [9.17, 15) is 5.11 Å². The van der Waals surface area contributed by atoms with E-state index in [1.54, 1.807) is 18.6 Å². The molecule has 1 saturated carbocycles. The second-order valence-corrected chi connectivity index (χ2v) is 4.45. The first-order chi connectivity index (χ1) is 8.34. The quantitative estimate of drug-likeness (QED) is 0.864. The van der Waals surface area contributed by atoms with Gasteiger partial charge in [0.2, 0.25) is 0 Å². The maximum absolute atomic E-state index is 9.38. The van der Waals surface area contributed by atoms with Gasteiger partial charge in [-0.25, -0.2) is 9.97 Å². The van der Waals surface area contributed by atoms with E-state index >= 15 is 0 Å². The third kappa shape index (κ3) is 1.80. The van der Waals surface area contributed by atoms with Crippen molar-refractivity contribution in [3.8, 4) is 11.3 Å². The largest absolute Gasteiger partial charge is 0.395 e. The van der Waals surface area contributed by atoms with Crippen LogP contribution in [0.5, 0.6) is 0 Å². The Labute approximate surface area is 99.4 Å². The highest BCUT2D eigenvalue weighted by atomic mass is 16.3. The molecule has 4 nitrogen and oxygen atoms in total. The van der Waals surface area contributed by atoms with E-state index in [-0.39, 0.29) is 12.0 Å². The average molecular weight is 227 g/mol. The summed E-state index contributed by atoms with van der Waals surface area (Å²) in [7, 11) is 0. The van der Waals surface area contributed by atoms with Crippen LogP contribution in [0, 0.1) is 0 Å². The number of nitrogens with zero attached hydrogens (tertiary/aromatic N) is 3. The van der Waals surface area contributed by atoms with Crippen molar-refractivity contribution in [1.82, 2.24) is 15.0 Å². The van der Waals surface area contributed by atoms with Gasteiger partial charge < -0.3 is 5.11 Å². The lowest BCUT2D eigenvalue weighted by Crippen LogP contribution is -2.16. The lowest BCUT2D eigenvalue weighted by atomic mass is 10.1. The second kappa shape index (κ2) is 3.89. The van der Waals surface area contributed by atoms with Gasteiger partial charge in [-0.05, 0) is 31.0 Å². The number of aromatic nitrogens is 3. The van der Waals surface area contributed by atoms with E-state index in [0.717, 1.165) is 29.9 Å². The van der Waals surface area contributed by atoms with Gasteiger partial charge in [0.25, 0.3) is 0 Å². The van der Waals surface area contributed by atoms with Gasteiger partial charge in [0.1, 0.15) is 5.82 Å². The van der Waals surface area contributed by atoms with Crippen molar-refractivity contribution in [2.75, 3.05) is 6.61 Å². The fraction of sp³-hybridized carbons (Fsp3) is 0.308. The Balaban J connectivity index is 2.00. The normalized spacial score (nSPS) is 16.8. The molecule has 17 heavy (non-hydrogen) atoms. The average Bonchev–Trinajstić information content (AvgIpc) is 3.21. The summed E-state index contributed by atoms with van der Waals surface area (Å²) in [5.74, 6) is 0.751. The smallest absolute Gasteiger partial charge is 0.137 e. The van der Waals surface area contributed by atoms with E-state index in [1.807, 2.05) is 18.2 Å². The lowest BCUT2D eigenvalue weighted by Gasteiger charge is -2.10. The molecular weight excluding hydrogens is 214 g/mol. The molecule has 2 aromatic heterocycles. The summed E-state index contributed by atoms with van der Waals surface area (Å²) in [4.78, 5) is 12.9. The van der Waals surface area contributed by atoms with E-state index in [4.69, 9.17) is 0 Å². The minimum Gasteiger partial charge on any atom is -0.395 e. The van der Waals surface area contributed by atoms with Gasteiger partial charge >= 0.3 is 0 Å². The molecule has 0 atom stereocenters. The highest BCUT2D eigenvalue weighted by Crippen LogP contribution is 2.46. The minimum absolute atomic E-state index is 0.128. The predicted octanol–water partition coefficient (Wildman–Crippen LogP) is 1.56. The van der Waals surface area contributed by atoms with Gasteiger partial charge in [0.05, 0.1) is 17.7 Å². The van der Waals surface area contributed by atoms with Crippen LogP contribution in [-0.2, 0) is 5.41 Å². The molecule has 0 aliphatic heterocycles. The molecule has 0 saturated heterocycles. The molecule has 0 unspecified atom stereocenters. The van der Waals surface area contributed by atoms with Crippen LogP contribution in [0.3, 0.4) is 0 Å². The first kappa shape index (κ1) is 10.4. The van der Waals surface area contributed by atoms with Crippen LogP contribution in [0.25, 0.3) is 11.3 Å². The first-order valence-corrected chi connectivity index (χ1v) is 5.69. The second-order valence-electron chi connectivity index (χ2n) is 4.45. The molecule has 2 aromatic rings. The number of rotatable bonds is 3. The molecule has 1 fully saturated rings. The standard InChI is InChI=1S/C13H13N3O/c17-9-13(4-5-13)12-15-7-3-11(16-12)10-2-1-6-14-8-10/h1-3,6-8,17H,4-5,9H2. The Morgan fingerprint density at radius 1 is 1.24 bits per heavy atom. The molecule has 1 aliphatic carbocycles. The monoisotopic (exact) mass is 227 g/mol. The number of hydrogen-bond donors (Lipinski definition) is 1. The van der Waals surface area contributed by atoms with Crippen molar-refractivity contribution in [3.63, 3.8) is 0 Å². The van der Waals surface area contributed by atoms with Gasteiger partial charge in [0.15, 0.2) is 0 Å². The SMILES string of the molecule is OCC1(c2nccc(-c3cccnc3)n2)CC1. The maximum atomic E-state index is 9.38. The van der Waals surface area contributed by atoms with E-state index in [0.29, 0.717) is 0 Å². The number of aliphatic hydroxyl groups is 1. The molecule has 1 N–H and O–H groups in total. The Hall–Kier alpha value is -1.81. The van der Waals surface area contributed by atoms with Crippen LogP contribution in [0.2, 0.25) is 0 Å². The van der Waals surface area contributed by atoms with Gasteiger partial charge in [0, 0.05) is 24.2 Å². The Bertz CT molecular complexity index is 523. The zero-order chi connectivity index (χ0) is 11.7. The minimum atomic E-state index is -0.182. The molecule has 0 aromatic carbocycles. The molecule has 4 heteroatoms. The van der Waals surface area contributed by atoms with Crippen molar-refractivity contribution in [2.45, 2.75) is 18.3 Å². The molecular formula is C13H13N3O. The zero-order valence-electron chi connectivity index (χ0n) is 9.37. The highest BCUT2D eigenvalue weighted by Gasteiger charge is 2.46. The lowest BCUT2D eigenvalue weighted by molar-refractivity contribution is 0.250. The van der Waals surface area contributed by atoms with Crippen LogP contribution in [0.15, 0.2) is 36.8 Å². The summed E-state index contributed by atoms with van der Waals surface area (Å²) in [6, 6.07) is 5.72. The van der Waals surface area contributed by atoms with Crippen LogP contribution < -0.4 is 0 Å². The van der Waals surface area contributed by atoms with Crippen molar-refractivity contribution >= 4 is 0 Å². The number of hydrogen-bond acceptors (Lipinski definition) is 4. The van der Waals surface area contributed by atoms with E-state index in [1.165, 1.54) is 0 Å². The summed E-state index contributed by atoms with van der Waals surface area (Å²) >= 11 is 0. The molecule has 2 heterocycles. The maximum Gasteiger partial charge on any atom is 0.137 e. The third-order valence-electron chi connectivity index (χ3n) is 3.24.